The topological polar surface area (TPSA) is 87.2 Å². The third kappa shape index (κ3) is 3.98. The third-order valence-corrected chi connectivity index (χ3v) is 4.48. The van der Waals surface area contributed by atoms with Gasteiger partial charge in [-0.25, -0.2) is 4.79 Å². The summed E-state index contributed by atoms with van der Waals surface area (Å²) in [5.41, 5.74) is 1.36. The second kappa shape index (κ2) is 8.01. The first-order chi connectivity index (χ1) is 13.0. The van der Waals surface area contributed by atoms with Gasteiger partial charge in [-0.05, 0) is 30.3 Å². The lowest BCUT2D eigenvalue weighted by atomic mass is 10.1. The van der Waals surface area contributed by atoms with Crippen molar-refractivity contribution in [1.29, 1.82) is 0 Å². The maximum absolute atomic E-state index is 12.8. The molecule has 1 fully saturated rings. The molecule has 1 atom stereocenters. The maximum atomic E-state index is 12.8. The van der Waals surface area contributed by atoms with Crippen LogP contribution in [0.15, 0.2) is 54.6 Å². The van der Waals surface area contributed by atoms with Crippen LogP contribution in [0.2, 0.25) is 0 Å². The van der Waals surface area contributed by atoms with Gasteiger partial charge < -0.3 is 19.6 Å². The molecule has 0 aliphatic carbocycles. The zero-order valence-electron chi connectivity index (χ0n) is 14.9. The SMILES string of the molecule is CN(C(=O)c1cccc(C(=O)N2CCOCC2C(=O)O)c1)c1ccccc1. The van der Waals surface area contributed by atoms with Crippen molar-refractivity contribution < 1.29 is 24.2 Å². The lowest BCUT2D eigenvalue weighted by Crippen LogP contribution is -2.52. The highest BCUT2D eigenvalue weighted by molar-refractivity contribution is 6.07. The van der Waals surface area contributed by atoms with E-state index in [0.717, 1.165) is 5.69 Å². The van der Waals surface area contributed by atoms with Gasteiger partial charge in [-0.2, -0.15) is 0 Å². The molecule has 2 amide bonds. The van der Waals surface area contributed by atoms with Crippen molar-refractivity contribution in [2.45, 2.75) is 6.04 Å². The fraction of sp³-hybridized carbons (Fsp3) is 0.250. The van der Waals surface area contributed by atoms with Crippen LogP contribution in [-0.2, 0) is 9.53 Å². The van der Waals surface area contributed by atoms with Crippen LogP contribution in [0.5, 0.6) is 0 Å². The van der Waals surface area contributed by atoms with Crippen LogP contribution < -0.4 is 4.90 Å². The summed E-state index contributed by atoms with van der Waals surface area (Å²) in [5, 5.41) is 9.31. The van der Waals surface area contributed by atoms with Crippen LogP contribution in [0, 0.1) is 0 Å². The lowest BCUT2D eigenvalue weighted by Gasteiger charge is -2.33. The van der Waals surface area contributed by atoms with Crippen molar-refractivity contribution in [3.63, 3.8) is 0 Å². The summed E-state index contributed by atoms with van der Waals surface area (Å²) in [7, 11) is 1.66. The van der Waals surface area contributed by atoms with Gasteiger partial charge in [0.25, 0.3) is 11.8 Å². The number of amides is 2. The summed E-state index contributed by atoms with van der Waals surface area (Å²) < 4.78 is 5.17. The predicted molar refractivity (Wildman–Crippen MR) is 98.9 cm³/mol. The van der Waals surface area contributed by atoms with E-state index in [1.165, 1.54) is 15.9 Å². The highest BCUT2D eigenvalue weighted by Gasteiger charge is 2.33. The zero-order valence-corrected chi connectivity index (χ0v) is 14.9. The van der Waals surface area contributed by atoms with Crippen LogP contribution in [0.25, 0.3) is 0 Å². The quantitative estimate of drug-likeness (QED) is 0.891. The Balaban J connectivity index is 1.83. The van der Waals surface area contributed by atoms with Crippen LogP contribution in [0.1, 0.15) is 20.7 Å². The average molecular weight is 368 g/mol. The average Bonchev–Trinajstić information content (AvgIpc) is 2.72. The number of hydrogen-bond donors (Lipinski definition) is 1. The molecule has 140 valence electrons. The second-order valence-corrected chi connectivity index (χ2v) is 6.21. The van der Waals surface area contributed by atoms with E-state index >= 15 is 0 Å². The number of benzene rings is 2. The molecule has 3 rings (SSSR count). The number of morpholine rings is 1. The molecule has 0 radical (unpaired) electrons. The molecule has 0 bridgehead atoms. The van der Waals surface area contributed by atoms with Gasteiger partial charge >= 0.3 is 5.97 Å². The van der Waals surface area contributed by atoms with Crippen LogP contribution in [0.4, 0.5) is 5.69 Å². The fourth-order valence-electron chi connectivity index (χ4n) is 2.96. The molecule has 7 heteroatoms. The Morgan fingerprint density at radius 3 is 2.48 bits per heavy atom. The minimum Gasteiger partial charge on any atom is -0.480 e. The minimum atomic E-state index is -1.11. The number of carboxylic acid groups (broad SMARTS) is 1. The third-order valence-electron chi connectivity index (χ3n) is 4.48. The van der Waals surface area contributed by atoms with E-state index in [2.05, 4.69) is 0 Å². The normalized spacial score (nSPS) is 16.6. The van der Waals surface area contributed by atoms with Crippen molar-refractivity contribution in [1.82, 2.24) is 4.90 Å². The monoisotopic (exact) mass is 368 g/mol. The van der Waals surface area contributed by atoms with Crippen molar-refractivity contribution >= 4 is 23.5 Å². The van der Waals surface area contributed by atoms with Gasteiger partial charge in [0.2, 0.25) is 0 Å². The van der Waals surface area contributed by atoms with E-state index < -0.39 is 17.9 Å². The Hall–Kier alpha value is -3.19. The molecular weight excluding hydrogens is 348 g/mol. The molecule has 1 N–H and O–H groups in total. The minimum absolute atomic E-state index is 0.0452. The standard InChI is InChI=1S/C20H20N2O5/c1-21(16-8-3-2-4-9-16)18(23)14-6-5-7-15(12-14)19(24)22-10-11-27-13-17(22)20(25)26/h2-9,12,17H,10-11,13H2,1H3,(H,25,26). The number of nitrogens with zero attached hydrogens (tertiary/aromatic N) is 2. The molecule has 1 unspecified atom stereocenters. The van der Waals surface area contributed by atoms with Crippen LogP contribution in [-0.4, -0.2) is 60.6 Å². The molecule has 7 nitrogen and oxygen atoms in total. The molecule has 27 heavy (non-hydrogen) atoms. The first-order valence-corrected chi connectivity index (χ1v) is 8.53. The molecule has 0 spiro atoms. The van der Waals surface area contributed by atoms with Gasteiger partial charge in [-0.3, -0.25) is 9.59 Å². The molecule has 1 heterocycles. The van der Waals surface area contributed by atoms with Crippen LogP contribution >= 0.6 is 0 Å². The van der Waals surface area contributed by atoms with Gasteiger partial charge in [0.15, 0.2) is 6.04 Å². The summed E-state index contributed by atoms with van der Waals surface area (Å²) in [6, 6.07) is 14.5. The smallest absolute Gasteiger partial charge is 0.328 e. The van der Waals surface area contributed by atoms with Crippen molar-refractivity contribution in [2.75, 3.05) is 31.7 Å². The van der Waals surface area contributed by atoms with E-state index in [4.69, 9.17) is 4.74 Å². The Morgan fingerprint density at radius 2 is 1.78 bits per heavy atom. The first kappa shape index (κ1) is 18.6. The Labute approximate surface area is 156 Å². The van der Waals surface area contributed by atoms with Gasteiger partial charge in [-0.15, -0.1) is 0 Å². The number of anilines is 1. The molecule has 0 saturated carbocycles. The Kier molecular flexibility index (Phi) is 5.52. The molecule has 2 aromatic rings. The summed E-state index contributed by atoms with van der Waals surface area (Å²) in [6.45, 7) is 0.430. The molecule has 1 aliphatic rings. The van der Waals surface area contributed by atoms with Crippen LogP contribution in [0.3, 0.4) is 0 Å². The van der Waals surface area contributed by atoms with E-state index in [1.54, 1.807) is 25.2 Å². The number of carbonyl (C=O) groups excluding carboxylic acids is 2. The summed E-state index contributed by atoms with van der Waals surface area (Å²) >= 11 is 0. The number of hydrogen-bond acceptors (Lipinski definition) is 4. The number of carbonyl (C=O) groups is 3. The number of ether oxygens (including phenoxy) is 1. The van der Waals surface area contributed by atoms with Gasteiger partial charge in [0.1, 0.15) is 0 Å². The first-order valence-electron chi connectivity index (χ1n) is 8.53. The Morgan fingerprint density at radius 1 is 1.07 bits per heavy atom. The molecule has 0 aromatic heterocycles. The second-order valence-electron chi connectivity index (χ2n) is 6.21. The van der Waals surface area contributed by atoms with Crippen molar-refractivity contribution in [2.24, 2.45) is 0 Å². The zero-order chi connectivity index (χ0) is 19.4. The number of aliphatic carboxylic acids is 1. The number of rotatable bonds is 4. The van der Waals surface area contributed by atoms with Crippen molar-refractivity contribution in [3.05, 3.63) is 65.7 Å². The fourth-order valence-corrected chi connectivity index (χ4v) is 2.96. The number of para-hydroxylation sites is 1. The van der Waals surface area contributed by atoms with E-state index in [1.807, 2.05) is 30.3 Å². The van der Waals surface area contributed by atoms with Gasteiger partial charge in [0.05, 0.1) is 13.2 Å². The molecular formula is C20H20N2O5. The van der Waals surface area contributed by atoms with E-state index in [0.29, 0.717) is 5.56 Å². The van der Waals surface area contributed by atoms with E-state index in [-0.39, 0.29) is 31.2 Å². The summed E-state index contributed by atoms with van der Waals surface area (Å²) in [4.78, 5) is 39.7. The molecule has 1 saturated heterocycles. The highest BCUT2D eigenvalue weighted by Crippen LogP contribution is 2.18. The number of carboxylic acids is 1. The predicted octanol–water partition coefficient (Wildman–Crippen LogP) is 1.89. The van der Waals surface area contributed by atoms with Gasteiger partial charge in [-0.1, -0.05) is 24.3 Å². The largest absolute Gasteiger partial charge is 0.480 e. The molecule has 1 aliphatic heterocycles. The maximum Gasteiger partial charge on any atom is 0.328 e. The summed E-state index contributed by atoms with van der Waals surface area (Å²) in [6.07, 6.45) is 0. The van der Waals surface area contributed by atoms with Crippen molar-refractivity contribution in [3.8, 4) is 0 Å². The highest BCUT2D eigenvalue weighted by atomic mass is 16.5. The Bertz CT molecular complexity index is 852. The van der Waals surface area contributed by atoms with Gasteiger partial charge in [0, 0.05) is 30.4 Å². The lowest BCUT2D eigenvalue weighted by molar-refractivity contribution is -0.147. The van der Waals surface area contributed by atoms with E-state index in [9.17, 15) is 19.5 Å². The molecule has 2 aromatic carbocycles. The summed E-state index contributed by atoms with van der Waals surface area (Å²) in [5.74, 6) is -1.80.